The first-order valence-electron chi connectivity index (χ1n) is 4.90. The molecule has 0 fully saturated rings. The monoisotopic (exact) mass is 201 g/mol. The van der Waals surface area contributed by atoms with Gasteiger partial charge in [0.2, 0.25) is 0 Å². The molecule has 0 saturated carbocycles. The topological polar surface area (TPSA) is 63.9 Å². The third kappa shape index (κ3) is 1.26. The van der Waals surface area contributed by atoms with Crippen LogP contribution in [-0.4, -0.2) is 16.8 Å². The minimum absolute atomic E-state index is 0.515. The summed E-state index contributed by atoms with van der Waals surface area (Å²) in [6, 6.07) is 7.87. The number of hydrogen-bond donors (Lipinski definition) is 2. The highest BCUT2D eigenvalue weighted by Gasteiger charge is 2.17. The highest BCUT2D eigenvalue weighted by molar-refractivity contribution is 5.69. The van der Waals surface area contributed by atoms with Gasteiger partial charge in [0.1, 0.15) is 11.6 Å². The number of fused-ring (bicyclic) bond motifs is 1. The molecule has 0 saturated heterocycles. The van der Waals surface area contributed by atoms with Crippen molar-refractivity contribution in [3.8, 4) is 17.0 Å². The number of rotatable bonds is 1. The van der Waals surface area contributed by atoms with Crippen molar-refractivity contribution in [2.45, 2.75) is 6.42 Å². The third-order valence-electron chi connectivity index (χ3n) is 2.63. The number of aromatic nitrogens is 2. The van der Waals surface area contributed by atoms with Crippen LogP contribution in [0.2, 0.25) is 0 Å². The van der Waals surface area contributed by atoms with Gasteiger partial charge in [0, 0.05) is 23.6 Å². The van der Waals surface area contributed by atoms with E-state index in [1.807, 2.05) is 18.2 Å². The molecule has 0 spiro atoms. The molecule has 15 heavy (non-hydrogen) atoms. The fourth-order valence-corrected chi connectivity index (χ4v) is 1.95. The number of H-pyrrole nitrogens is 1. The lowest BCUT2D eigenvalue weighted by Crippen LogP contribution is -1.87. The van der Waals surface area contributed by atoms with Gasteiger partial charge in [-0.15, -0.1) is 0 Å². The first-order chi connectivity index (χ1) is 7.34. The normalized spacial score (nSPS) is 13.6. The molecule has 0 aliphatic carbocycles. The molecule has 1 aromatic heterocycles. The molecule has 4 nitrogen and oxygen atoms in total. The molecule has 1 aromatic carbocycles. The van der Waals surface area contributed by atoms with E-state index in [2.05, 4.69) is 16.3 Å². The van der Waals surface area contributed by atoms with Crippen LogP contribution < -0.4 is 10.5 Å². The van der Waals surface area contributed by atoms with Crippen molar-refractivity contribution in [3.63, 3.8) is 0 Å². The summed E-state index contributed by atoms with van der Waals surface area (Å²) in [4.78, 5) is 0. The van der Waals surface area contributed by atoms with E-state index < -0.39 is 0 Å². The molecule has 1 aliphatic heterocycles. The molecular weight excluding hydrogens is 190 g/mol. The Kier molecular flexibility index (Phi) is 1.68. The van der Waals surface area contributed by atoms with Crippen LogP contribution in [0.3, 0.4) is 0 Å². The van der Waals surface area contributed by atoms with Gasteiger partial charge in [-0.1, -0.05) is 12.1 Å². The van der Waals surface area contributed by atoms with Crippen molar-refractivity contribution in [2.24, 2.45) is 0 Å². The molecule has 0 atom stereocenters. The Morgan fingerprint density at radius 1 is 1.40 bits per heavy atom. The van der Waals surface area contributed by atoms with E-state index in [0.717, 1.165) is 30.0 Å². The first-order valence-corrected chi connectivity index (χ1v) is 4.90. The van der Waals surface area contributed by atoms with Crippen LogP contribution in [0.1, 0.15) is 5.56 Å². The maximum absolute atomic E-state index is 5.59. The number of aromatic amines is 1. The van der Waals surface area contributed by atoms with Crippen LogP contribution in [0.5, 0.6) is 5.75 Å². The second kappa shape index (κ2) is 3.02. The zero-order valence-electron chi connectivity index (χ0n) is 8.16. The van der Waals surface area contributed by atoms with Crippen LogP contribution in [0, 0.1) is 0 Å². The number of nitrogen functional groups attached to an aromatic ring is 1. The highest BCUT2D eigenvalue weighted by atomic mass is 16.5. The molecule has 3 N–H and O–H groups in total. The van der Waals surface area contributed by atoms with Crippen molar-refractivity contribution in [1.29, 1.82) is 0 Å². The number of nitrogens with zero attached hydrogens (tertiary/aromatic N) is 1. The minimum atomic E-state index is 0.515. The van der Waals surface area contributed by atoms with Gasteiger partial charge in [-0.3, -0.25) is 5.10 Å². The maximum atomic E-state index is 5.59. The summed E-state index contributed by atoms with van der Waals surface area (Å²) in [5.41, 5.74) is 8.91. The number of hydrogen-bond acceptors (Lipinski definition) is 3. The zero-order chi connectivity index (χ0) is 10.3. The fourth-order valence-electron chi connectivity index (χ4n) is 1.95. The molecule has 2 aromatic rings. The van der Waals surface area contributed by atoms with Crippen LogP contribution in [0.4, 0.5) is 5.82 Å². The summed E-state index contributed by atoms with van der Waals surface area (Å²) in [6.45, 7) is 0.760. The van der Waals surface area contributed by atoms with E-state index in [1.165, 1.54) is 5.56 Å². The smallest absolute Gasteiger partial charge is 0.145 e. The van der Waals surface area contributed by atoms with Crippen LogP contribution in [-0.2, 0) is 6.42 Å². The largest absolute Gasteiger partial charge is 0.493 e. The van der Waals surface area contributed by atoms with E-state index >= 15 is 0 Å². The summed E-state index contributed by atoms with van der Waals surface area (Å²) in [6.07, 6.45) is 0.949. The lowest BCUT2D eigenvalue weighted by atomic mass is 10.0. The first kappa shape index (κ1) is 8.35. The van der Waals surface area contributed by atoms with E-state index in [1.54, 1.807) is 0 Å². The maximum Gasteiger partial charge on any atom is 0.145 e. The van der Waals surface area contributed by atoms with Gasteiger partial charge in [-0.2, -0.15) is 5.10 Å². The number of benzene rings is 1. The van der Waals surface area contributed by atoms with E-state index in [4.69, 9.17) is 10.5 Å². The molecule has 0 amide bonds. The Morgan fingerprint density at radius 3 is 3.13 bits per heavy atom. The van der Waals surface area contributed by atoms with Gasteiger partial charge in [0.05, 0.1) is 12.3 Å². The Hall–Kier alpha value is -1.97. The SMILES string of the molecule is Nc1cc(-c2cccc3c2CCO3)[nH]n1. The van der Waals surface area contributed by atoms with Crippen molar-refractivity contribution < 1.29 is 4.74 Å². The van der Waals surface area contributed by atoms with E-state index in [-0.39, 0.29) is 0 Å². The van der Waals surface area contributed by atoms with Crippen molar-refractivity contribution in [1.82, 2.24) is 10.2 Å². The predicted molar refractivity (Wildman–Crippen MR) is 57.6 cm³/mol. The average molecular weight is 201 g/mol. The van der Waals surface area contributed by atoms with Crippen LogP contribution in [0.15, 0.2) is 24.3 Å². The summed E-state index contributed by atoms with van der Waals surface area (Å²) in [5.74, 6) is 1.49. The quantitative estimate of drug-likeness (QED) is 0.736. The average Bonchev–Trinajstić information content (AvgIpc) is 2.84. The lowest BCUT2D eigenvalue weighted by molar-refractivity contribution is 0.357. The Labute approximate surface area is 87.1 Å². The van der Waals surface area contributed by atoms with Crippen molar-refractivity contribution in [2.75, 3.05) is 12.3 Å². The molecule has 1 aliphatic rings. The summed E-state index contributed by atoms with van der Waals surface area (Å²) in [7, 11) is 0. The van der Waals surface area contributed by atoms with Gasteiger partial charge in [0.25, 0.3) is 0 Å². The number of ether oxygens (including phenoxy) is 1. The lowest BCUT2D eigenvalue weighted by Gasteiger charge is -2.03. The summed E-state index contributed by atoms with van der Waals surface area (Å²) < 4.78 is 5.50. The minimum Gasteiger partial charge on any atom is -0.493 e. The standard InChI is InChI=1S/C11H11N3O/c12-11-6-9(13-14-11)7-2-1-3-10-8(7)4-5-15-10/h1-3,6H,4-5H2,(H3,12,13,14). The van der Waals surface area contributed by atoms with Gasteiger partial charge in [0.15, 0.2) is 0 Å². The second-order valence-electron chi connectivity index (χ2n) is 3.59. The summed E-state index contributed by atoms with van der Waals surface area (Å²) in [5, 5.41) is 6.85. The Balaban J connectivity index is 2.16. The zero-order valence-corrected chi connectivity index (χ0v) is 8.16. The summed E-state index contributed by atoms with van der Waals surface area (Å²) >= 11 is 0. The fraction of sp³-hybridized carbons (Fsp3) is 0.182. The van der Waals surface area contributed by atoms with Gasteiger partial charge in [-0.05, 0) is 6.07 Å². The molecule has 2 heterocycles. The van der Waals surface area contributed by atoms with E-state index in [9.17, 15) is 0 Å². The van der Waals surface area contributed by atoms with Gasteiger partial charge >= 0.3 is 0 Å². The molecular formula is C11H11N3O. The predicted octanol–water partition coefficient (Wildman–Crippen LogP) is 1.59. The molecule has 0 radical (unpaired) electrons. The highest BCUT2D eigenvalue weighted by Crippen LogP contribution is 2.33. The second-order valence-corrected chi connectivity index (χ2v) is 3.59. The number of nitrogens with two attached hydrogens (primary N) is 1. The molecule has 0 unspecified atom stereocenters. The molecule has 0 bridgehead atoms. The molecule has 4 heteroatoms. The van der Waals surface area contributed by atoms with Crippen LogP contribution >= 0.6 is 0 Å². The van der Waals surface area contributed by atoms with Crippen molar-refractivity contribution in [3.05, 3.63) is 29.8 Å². The third-order valence-corrected chi connectivity index (χ3v) is 2.63. The number of anilines is 1. The van der Waals surface area contributed by atoms with Gasteiger partial charge in [-0.25, -0.2) is 0 Å². The van der Waals surface area contributed by atoms with E-state index in [0.29, 0.717) is 5.82 Å². The Bertz CT molecular complexity index is 504. The molecule has 3 rings (SSSR count). The Morgan fingerprint density at radius 2 is 2.33 bits per heavy atom. The molecule has 76 valence electrons. The number of nitrogens with one attached hydrogen (secondary N) is 1. The van der Waals surface area contributed by atoms with Crippen molar-refractivity contribution >= 4 is 5.82 Å². The van der Waals surface area contributed by atoms with Crippen LogP contribution in [0.25, 0.3) is 11.3 Å². The van der Waals surface area contributed by atoms with Gasteiger partial charge < -0.3 is 10.5 Å².